The number of benzene rings is 2. The number of hydrogen-bond acceptors (Lipinski definition) is 7. The first kappa shape index (κ1) is 23.3. The molecule has 0 aliphatic rings. The summed E-state index contributed by atoms with van der Waals surface area (Å²) in [5.74, 6) is 1.36. The van der Waals surface area contributed by atoms with E-state index in [0.29, 0.717) is 23.5 Å². The molecular formula is C22H26N2O5S. The van der Waals surface area contributed by atoms with E-state index in [4.69, 9.17) is 17.6 Å². The van der Waals surface area contributed by atoms with Crippen molar-refractivity contribution < 1.29 is 22.4 Å². The summed E-state index contributed by atoms with van der Waals surface area (Å²) in [6.45, 7) is 3.47. The Hall–Kier alpha value is -2.97. The highest BCUT2D eigenvalue weighted by atomic mass is 32.1. The van der Waals surface area contributed by atoms with Gasteiger partial charge in [-0.15, -0.1) is 0 Å². The topological polar surface area (TPSA) is 88.8 Å². The molecular weight excluding hydrogens is 404 g/mol. The number of carbonyl (C=O) groups is 1. The molecule has 0 aliphatic heterocycles. The van der Waals surface area contributed by atoms with Crippen LogP contribution in [0.2, 0.25) is 0 Å². The van der Waals surface area contributed by atoms with E-state index in [2.05, 4.69) is 10.2 Å². The monoisotopic (exact) mass is 430 g/mol. The van der Waals surface area contributed by atoms with E-state index in [1.54, 1.807) is 0 Å². The smallest absolute Gasteiger partial charge is 0.335 e. The first-order valence-corrected chi connectivity index (χ1v) is 10.1. The van der Waals surface area contributed by atoms with Crippen molar-refractivity contribution >= 4 is 34.0 Å². The summed E-state index contributed by atoms with van der Waals surface area (Å²) in [6, 6.07) is 13.1. The van der Waals surface area contributed by atoms with Gasteiger partial charge in [-0.3, -0.25) is 4.79 Å². The van der Waals surface area contributed by atoms with Crippen molar-refractivity contribution in [3.05, 3.63) is 59.4 Å². The normalized spacial score (nSPS) is 10.4. The van der Waals surface area contributed by atoms with Crippen LogP contribution in [-0.2, 0) is 11.6 Å². The third-order valence-electron chi connectivity index (χ3n) is 4.51. The lowest BCUT2D eigenvalue weighted by atomic mass is 10.00. The summed E-state index contributed by atoms with van der Waals surface area (Å²) in [6.07, 6.45) is 0.960. The van der Waals surface area contributed by atoms with Crippen molar-refractivity contribution in [2.45, 2.75) is 13.3 Å². The number of nitrogens with one attached hydrogen (secondary N) is 1. The second kappa shape index (κ2) is 11.3. The fourth-order valence-electron chi connectivity index (χ4n) is 3.08. The van der Waals surface area contributed by atoms with Gasteiger partial charge in [0.25, 0.3) is 0 Å². The zero-order valence-corrected chi connectivity index (χ0v) is 18.4. The van der Waals surface area contributed by atoms with Gasteiger partial charge in [-0.2, -0.15) is 8.42 Å². The number of aryl methyl sites for hydroxylation is 1. The van der Waals surface area contributed by atoms with E-state index in [1.807, 2.05) is 70.5 Å². The largest absolute Gasteiger partial charge is 0.494 e. The predicted octanol–water partition coefficient (Wildman–Crippen LogP) is 3.67. The van der Waals surface area contributed by atoms with Gasteiger partial charge in [0.2, 0.25) is 0 Å². The van der Waals surface area contributed by atoms with Gasteiger partial charge in [-0.05, 0) is 69.9 Å². The van der Waals surface area contributed by atoms with Gasteiger partial charge in [-0.1, -0.05) is 0 Å². The van der Waals surface area contributed by atoms with Crippen LogP contribution < -0.4 is 10.1 Å². The van der Waals surface area contributed by atoms with Gasteiger partial charge in [-0.25, -0.2) is 0 Å². The number of ether oxygens (including phenoxy) is 1. The second-order valence-electron chi connectivity index (χ2n) is 6.92. The molecule has 0 spiro atoms. The van der Waals surface area contributed by atoms with Gasteiger partial charge in [0.15, 0.2) is 5.78 Å². The van der Waals surface area contributed by atoms with Gasteiger partial charge in [0.1, 0.15) is 17.1 Å². The average Bonchev–Trinajstić information content (AvgIpc) is 3.06. The minimum Gasteiger partial charge on any atom is -0.494 e. The Morgan fingerprint density at radius 2 is 1.80 bits per heavy atom. The van der Waals surface area contributed by atoms with E-state index in [9.17, 15) is 4.79 Å². The maximum absolute atomic E-state index is 13.1. The van der Waals surface area contributed by atoms with Crippen molar-refractivity contribution in [1.82, 2.24) is 4.90 Å². The van der Waals surface area contributed by atoms with Crippen LogP contribution in [0.4, 0.5) is 5.69 Å². The average molecular weight is 431 g/mol. The molecule has 0 aliphatic carbocycles. The third kappa shape index (κ3) is 6.01. The fourth-order valence-corrected chi connectivity index (χ4v) is 3.08. The highest BCUT2D eigenvalue weighted by molar-refractivity contribution is 7.51. The molecule has 0 saturated heterocycles. The third-order valence-corrected chi connectivity index (χ3v) is 4.51. The van der Waals surface area contributed by atoms with Crippen LogP contribution in [-0.4, -0.2) is 53.4 Å². The van der Waals surface area contributed by atoms with Crippen LogP contribution in [0.5, 0.6) is 5.75 Å². The molecule has 2 aromatic carbocycles. The van der Waals surface area contributed by atoms with Crippen molar-refractivity contribution in [1.29, 1.82) is 0 Å². The van der Waals surface area contributed by atoms with E-state index < -0.39 is 11.6 Å². The predicted molar refractivity (Wildman–Crippen MR) is 118 cm³/mol. The van der Waals surface area contributed by atoms with Gasteiger partial charge >= 0.3 is 11.6 Å². The van der Waals surface area contributed by atoms with Gasteiger partial charge < -0.3 is 19.4 Å². The molecule has 30 heavy (non-hydrogen) atoms. The molecule has 8 heteroatoms. The van der Waals surface area contributed by atoms with Crippen molar-refractivity contribution in [3.63, 3.8) is 0 Å². The Morgan fingerprint density at radius 1 is 1.13 bits per heavy atom. The Labute approximate surface area is 179 Å². The zero-order valence-electron chi connectivity index (χ0n) is 17.6. The van der Waals surface area contributed by atoms with E-state index in [0.717, 1.165) is 35.4 Å². The molecule has 160 valence electrons. The Morgan fingerprint density at radius 3 is 2.40 bits per heavy atom. The van der Waals surface area contributed by atoms with Crippen molar-refractivity contribution in [2.24, 2.45) is 0 Å². The number of fused-ring (bicyclic) bond motifs is 1. The second-order valence-corrected chi connectivity index (χ2v) is 7.06. The molecule has 0 unspecified atom stereocenters. The highest BCUT2D eigenvalue weighted by Gasteiger charge is 2.20. The maximum atomic E-state index is 13.1. The summed E-state index contributed by atoms with van der Waals surface area (Å²) in [5.41, 5.74) is 2.90. The number of carbonyl (C=O) groups excluding carboxylic acids is 1. The van der Waals surface area contributed by atoms with Gasteiger partial charge in [0, 0.05) is 30.2 Å². The number of hydrogen-bond donors (Lipinski definition) is 1. The summed E-state index contributed by atoms with van der Waals surface area (Å²) >= 11 is -0.750. The zero-order chi connectivity index (χ0) is 22.1. The molecule has 0 saturated carbocycles. The number of nitrogens with zero attached hydrogens (tertiary/aromatic N) is 1. The fraction of sp³-hybridized carbons (Fsp3) is 0.318. The van der Waals surface area contributed by atoms with Crippen LogP contribution in [0.1, 0.15) is 28.1 Å². The summed E-state index contributed by atoms with van der Waals surface area (Å²) in [4.78, 5) is 15.2. The standard InChI is InChI=1S/C22H26N2O3.O2S/c1-15-21(19-14-17(23-2)8-11-20(19)27-15)22(25)16-6-9-18(10-7-16)26-13-5-12-24(3)4;1-3-2/h6-11,14,23H,5,12-13H2,1-4H3;. The SMILES string of the molecule is CNc1ccc2oc(C)c(C(=O)c3ccc(OCCCN(C)C)cc3)c2c1.O=S=O. The molecule has 1 N–H and O–H groups in total. The molecule has 3 aromatic rings. The first-order valence-electron chi connectivity index (χ1n) is 9.46. The molecule has 0 radical (unpaired) electrons. The molecule has 0 amide bonds. The van der Waals surface area contributed by atoms with Crippen LogP contribution in [0.15, 0.2) is 46.9 Å². The Kier molecular flexibility index (Phi) is 8.76. The lowest BCUT2D eigenvalue weighted by Crippen LogP contribution is -2.15. The van der Waals surface area contributed by atoms with Crippen LogP contribution in [0, 0.1) is 6.92 Å². The molecule has 0 bridgehead atoms. The van der Waals surface area contributed by atoms with E-state index >= 15 is 0 Å². The van der Waals surface area contributed by atoms with Crippen molar-refractivity contribution in [2.75, 3.05) is 39.6 Å². The van der Waals surface area contributed by atoms with Crippen LogP contribution >= 0.6 is 0 Å². The summed E-state index contributed by atoms with van der Waals surface area (Å²) in [5, 5.41) is 3.93. The lowest BCUT2D eigenvalue weighted by molar-refractivity contribution is 0.103. The molecule has 7 nitrogen and oxygen atoms in total. The summed E-state index contributed by atoms with van der Waals surface area (Å²) < 4.78 is 28.1. The number of rotatable bonds is 8. The Bertz CT molecular complexity index is 1020. The maximum Gasteiger partial charge on any atom is 0.335 e. The Balaban J connectivity index is 0.00000101. The lowest BCUT2D eigenvalue weighted by Gasteiger charge is -2.10. The van der Waals surface area contributed by atoms with Crippen LogP contribution in [0.25, 0.3) is 11.0 Å². The highest BCUT2D eigenvalue weighted by Crippen LogP contribution is 2.30. The summed E-state index contributed by atoms with van der Waals surface area (Å²) in [7, 11) is 5.94. The van der Waals surface area contributed by atoms with Gasteiger partial charge in [0.05, 0.1) is 12.2 Å². The van der Waals surface area contributed by atoms with Crippen LogP contribution in [0.3, 0.4) is 0 Å². The van der Waals surface area contributed by atoms with E-state index in [1.165, 1.54) is 0 Å². The van der Waals surface area contributed by atoms with Crippen molar-refractivity contribution in [3.8, 4) is 5.75 Å². The molecule has 0 fully saturated rings. The van der Waals surface area contributed by atoms with E-state index in [-0.39, 0.29) is 5.78 Å². The first-order chi connectivity index (χ1) is 14.4. The molecule has 1 aromatic heterocycles. The minimum absolute atomic E-state index is 0.0429. The molecule has 3 rings (SSSR count). The number of ketones is 1. The molecule has 1 heterocycles. The molecule has 0 atom stereocenters. The number of anilines is 1. The minimum atomic E-state index is -0.750. The number of furan rings is 1. The quantitative estimate of drug-likeness (QED) is 0.431.